The minimum absolute atomic E-state index is 0.648. The van der Waals surface area contributed by atoms with Gasteiger partial charge in [0.2, 0.25) is 0 Å². The zero-order valence-corrected chi connectivity index (χ0v) is 9.94. The summed E-state index contributed by atoms with van der Waals surface area (Å²) >= 11 is 0. The van der Waals surface area contributed by atoms with Gasteiger partial charge in [-0.05, 0) is 0 Å². The van der Waals surface area contributed by atoms with Crippen LogP contribution in [0.5, 0.6) is 0 Å². The summed E-state index contributed by atoms with van der Waals surface area (Å²) in [6.07, 6.45) is -7.99. The van der Waals surface area contributed by atoms with Gasteiger partial charge in [0.15, 0.2) is 11.8 Å². The van der Waals surface area contributed by atoms with Crippen molar-refractivity contribution in [2.24, 2.45) is 0 Å². The topological polar surface area (TPSA) is 125 Å². The molecule has 2 heterocycles. The Kier molecular flexibility index (Phi) is 3.73. The van der Waals surface area contributed by atoms with E-state index in [1.165, 1.54) is 0 Å². The van der Waals surface area contributed by atoms with Crippen LogP contribution < -0.4 is 11.2 Å². The first-order chi connectivity index (χ1) is 9.33. The first kappa shape index (κ1) is 14.8. The molecule has 1 aromatic heterocycles. The molecule has 8 nitrogen and oxygen atoms in total. The fraction of sp³-hybridized carbons (Fsp3) is 0.600. The van der Waals surface area contributed by atoms with E-state index in [2.05, 4.69) is 0 Å². The predicted octanol–water partition coefficient (Wildman–Crippen LogP) is -2.22. The first-order valence-corrected chi connectivity index (χ1v) is 5.58. The van der Waals surface area contributed by atoms with Gasteiger partial charge in [0, 0.05) is 12.3 Å². The number of ether oxygens (including phenoxy) is 1. The van der Waals surface area contributed by atoms with Crippen LogP contribution in [0, 0.1) is 0 Å². The van der Waals surface area contributed by atoms with Crippen molar-refractivity contribution in [2.75, 3.05) is 6.61 Å². The number of alkyl halides is 2. The van der Waals surface area contributed by atoms with Gasteiger partial charge in [-0.1, -0.05) is 0 Å². The zero-order chi connectivity index (χ0) is 15.1. The van der Waals surface area contributed by atoms with Gasteiger partial charge in [0.05, 0.1) is 6.61 Å². The summed E-state index contributed by atoms with van der Waals surface area (Å²) < 4.78 is 31.4. The normalized spacial score (nSPS) is 33.8. The highest BCUT2D eigenvalue weighted by Gasteiger charge is 2.60. The number of H-pyrrole nitrogens is 1. The van der Waals surface area contributed by atoms with E-state index in [0.717, 1.165) is 12.3 Å². The Bertz CT molecular complexity index is 602. The molecule has 2 rings (SSSR count). The lowest BCUT2D eigenvalue weighted by Gasteiger charge is -2.28. The van der Waals surface area contributed by atoms with Crippen molar-refractivity contribution in [3.63, 3.8) is 0 Å². The molecule has 0 unspecified atom stereocenters. The van der Waals surface area contributed by atoms with E-state index in [0.29, 0.717) is 4.57 Å². The molecular formula is C10H12F2N2O6. The first-order valence-electron chi connectivity index (χ1n) is 5.58. The van der Waals surface area contributed by atoms with Crippen molar-refractivity contribution in [1.82, 2.24) is 9.55 Å². The fourth-order valence-electron chi connectivity index (χ4n) is 2.04. The van der Waals surface area contributed by atoms with E-state index in [1.54, 1.807) is 0 Å². The molecule has 112 valence electrons. The molecular weight excluding hydrogens is 282 g/mol. The largest absolute Gasteiger partial charge is 0.393 e. The quantitative estimate of drug-likeness (QED) is 0.500. The lowest BCUT2D eigenvalue weighted by molar-refractivity contribution is -0.195. The van der Waals surface area contributed by atoms with E-state index in [4.69, 9.17) is 9.84 Å². The molecule has 20 heavy (non-hydrogen) atoms. The van der Waals surface area contributed by atoms with E-state index >= 15 is 0 Å². The monoisotopic (exact) mass is 294 g/mol. The molecule has 0 radical (unpaired) electrons. The van der Waals surface area contributed by atoms with Crippen LogP contribution in [0.4, 0.5) is 8.78 Å². The lowest BCUT2D eigenvalue weighted by atomic mass is 9.96. The molecule has 0 amide bonds. The number of nitrogens with one attached hydrogen (secondary N) is 1. The molecule has 0 bridgehead atoms. The second kappa shape index (κ2) is 5.05. The third kappa shape index (κ3) is 2.06. The van der Waals surface area contributed by atoms with Crippen molar-refractivity contribution in [3.05, 3.63) is 33.1 Å². The molecule has 1 aliphatic rings. The number of aliphatic hydroxyl groups excluding tert-OH is 3. The van der Waals surface area contributed by atoms with E-state index in [1.807, 2.05) is 4.98 Å². The zero-order valence-electron chi connectivity index (χ0n) is 9.94. The van der Waals surface area contributed by atoms with Crippen molar-refractivity contribution in [2.45, 2.75) is 30.5 Å². The third-order valence-corrected chi connectivity index (χ3v) is 3.20. The number of aromatic amines is 1. The minimum atomic E-state index is -3.29. The highest BCUT2D eigenvalue weighted by molar-refractivity contribution is 5.03. The summed E-state index contributed by atoms with van der Waals surface area (Å²) in [6.45, 7) is -1.25. The van der Waals surface area contributed by atoms with Crippen molar-refractivity contribution in [1.29, 1.82) is 0 Å². The van der Waals surface area contributed by atoms with Gasteiger partial charge in [-0.3, -0.25) is 14.3 Å². The Morgan fingerprint density at radius 1 is 1.45 bits per heavy atom. The molecule has 1 saturated heterocycles. The molecule has 0 aliphatic carbocycles. The average Bonchev–Trinajstić information content (AvgIpc) is 2.64. The Balaban J connectivity index is 2.45. The molecule has 1 aromatic rings. The van der Waals surface area contributed by atoms with Gasteiger partial charge >= 0.3 is 5.69 Å². The van der Waals surface area contributed by atoms with Crippen LogP contribution >= 0.6 is 0 Å². The molecule has 0 spiro atoms. The highest BCUT2D eigenvalue weighted by atomic mass is 19.3. The van der Waals surface area contributed by atoms with E-state index < -0.39 is 48.3 Å². The Hall–Kier alpha value is -1.62. The van der Waals surface area contributed by atoms with Crippen molar-refractivity contribution in [3.8, 4) is 0 Å². The second-order valence-electron chi connectivity index (χ2n) is 4.38. The molecule has 4 N–H and O–H groups in total. The van der Waals surface area contributed by atoms with Crippen molar-refractivity contribution < 1.29 is 28.8 Å². The van der Waals surface area contributed by atoms with Gasteiger partial charge in [0.1, 0.15) is 12.2 Å². The number of halogens is 2. The number of hydrogen-bond donors (Lipinski definition) is 4. The molecule has 1 fully saturated rings. The Morgan fingerprint density at radius 3 is 2.55 bits per heavy atom. The molecule has 4 atom stereocenters. The molecule has 0 saturated carbocycles. The maximum absolute atomic E-state index is 13.0. The highest BCUT2D eigenvalue weighted by Crippen LogP contribution is 2.40. The van der Waals surface area contributed by atoms with Gasteiger partial charge in [-0.2, -0.15) is 0 Å². The molecule has 1 aliphatic heterocycles. The summed E-state index contributed by atoms with van der Waals surface area (Å²) in [5.41, 5.74) is -4.42. The number of aromatic nitrogens is 2. The maximum atomic E-state index is 13.0. The number of aliphatic hydroxyl groups is 3. The number of rotatable bonds is 3. The standard InChI is InChI=1S/C10H12F2N2O6/c11-8(12)10(3-15)6(18)5(17)7(20-10)14-2-1-4(16)13-9(14)19/h1-2,5-8,15,17-18H,3H2,(H,13,16,19)/t5-,6-,7-,10-/m1/s1. The molecule has 0 aromatic carbocycles. The van der Waals surface area contributed by atoms with Crippen LogP contribution in [0.1, 0.15) is 6.23 Å². The number of nitrogens with zero attached hydrogens (tertiary/aromatic N) is 1. The summed E-state index contributed by atoms with van der Waals surface area (Å²) in [4.78, 5) is 24.3. The summed E-state index contributed by atoms with van der Waals surface area (Å²) in [5.74, 6) is 0. The summed E-state index contributed by atoms with van der Waals surface area (Å²) in [5, 5.41) is 28.4. The average molecular weight is 294 g/mol. The SMILES string of the molecule is O=c1ccn([C@@H]2O[C@@](CO)(C(F)F)[C@H](O)[C@H]2O)c(=O)[nH]1. The van der Waals surface area contributed by atoms with Crippen LogP contribution in [0.15, 0.2) is 21.9 Å². The van der Waals surface area contributed by atoms with Crippen LogP contribution in [0.2, 0.25) is 0 Å². The van der Waals surface area contributed by atoms with Gasteiger partial charge in [-0.15, -0.1) is 0 Å². The minimum Gasteiger partial charge on any atom is -0.393 e. The smallest absolute Gasteiger partial charge is 0.330 e. The van der Waals surface area contributed by atoms with Gasteiger partial charge in [0.25, 0.3) is 12.0 Å². The van der Waals surface area contributed by atoms with Gasteiger partial charge < -0.3 is 20.1 Å². The van der Waals surface area contributed by atoms with E-state index in [9.17, 15) is 28.6 Å². The van der Waals surface area contributed by atoms with Gasteiger partial charge in [-0.25, -0.2) is 13.6 Å². The summed E-state index contributed by atoms with van der Waals surface area (Å²) in [6, 6.07) is 0.922. The van der Waals surface area contributed by atoms with E-state index in [-0.39, 0.29) is 0 Å². The van der Waals surface area contributed by atoms with Crippen LogP contribution in [-0.2, 0) is 4.74 Å². The second-order valence-corrected chi connectivity index (χ2v) is 4.38. The Labute approximate surface area is 109 Å². The van der Waals surface area contributed by atoms with Crippen LogP contribution in [0.3, 0.4) is 0 Å². The number of hydrogen-bond acceptors (Lipinski definition) is 6. The maximum Gasteiger partial charge on any atom is 0.330 e. The third-order valence-electron chi connectivity index (χ3n) is 3.20. The fourth-order valence-corrected chi connectivity index (χ4v) is 2.04. The summed E-state index contributed by atoms with van der Waals surface area (Å²) in [7, 11) is 0. The Morgan fingerprint density at radius 2 is 2.10 bits per heavy atom. The lowest BCUT2D eigenvalue weighted by Crippen LogP contribution is -2.52. The molecule has 10 heteroatoms. The van der Waals surface area contributed by atoms with Crippen LogP contribution in [-0.4, -0.2) is 55.7 Å². The predicted molar refractivity (Wildman–Crippen MR) is 59.3 cm³/mol. The van der Waals surface area contributed by atoms with Crippen LogP contribution in [0.25, 0.3) is 0 Å². The van der Waals surface area contributed by atoms with Crippen molar-refractivity contribution >= 4 is 0 Å².